The van der Waals surface area contributed by atoms with E-state index in [4.69, 9.17) is 5.21 Å². The van der Waals surface area contributed by atoms with Gasteiger partial charge in [-0.3, -0.25) is 14.8 Å². The third-order valence-corrected chi connectivity index (χ3v) is 3.67. The summed E-state index contributed by atoms with van der Waals surface area (Å²) in [5.41, 5.74) is 1.14. The van der Waals surface area contributed by atoms with Gasteiger partial charge < -0.3 is 5.32 Å². The second kappa shape index (κ2) is 5.49. The summed E-state index contributed by atoms with van der Waals surface area (Å²) in [5.74, 6) is -0.586. The number of carbonyl (C=O) groups excluding carboxylic acids is 2. The minimum Gasteiger partial charge on any atom is -0.348 e. The number of carbonyl (C=O) groups is 2. The number of hydrogen-bond donors (Lipinski definition) is 3. The molecule has 1 heterocycles. The van der Waals surface area contributed by atoms with E-state index in [9.17, 15) is 9.59 Å². The van der Waals surface area contributed by atoms with Crippen LogP contribution in [0, 0.1) is 5.41 Å². The molecule has 5 nitrogen and oxygen atoms in total. The third kappa shape index (κ3) is 3.54. The number of amides is 2. The molecule has 0 fully saturated rings. The Morgan fingerprint density at radius 2 is 1.94 bits per heavy atom. The number of rotatable bonds is 3. The van der Waals surface area contributed by atoms with E-state index in [1.54, 1.807) is 17.6 Å². The number of thiophene rings is 1. The van der Waals surface area contributed by atoms with Crippen LogP contribution in [0.4, 0.5) is 0 Å². The highest BCUT2D eigenvalue weighted by Gasteiger charge is 2.23. The number of hydrogen-bond acceptors (Lipinski definition) is 4. The molecular weight excluding hydrogens is 252 g/mol. The molecule has 18 heavy (non-hydrogen) atoms. The van der Waals surface area contributed by atoms with Crippen molar-refractivity contribution in [3.05, 3.63) is 21.9 Å². The van der Waals surface area contributed by atoms with Gasteiger partial charge in [0, 0.05) is 10.3 Å². The molecule has 1 rings (SSSR count). The van der Waals surface area contributed by atoms with Gasteiger partial charge in [-0.1, -0.05) is 20.8 Å². The fourth-order valence-electron chi connectivity index (χ4n) is 1.25. The first kappa shape index (κ1) is 14.7. The molecule has 0 saturated heterocycles. The molecule has 0 aliphatic carbocycles. The Hall–Kier alpha value is -1.40. The summed E-state index contributed by atoms with van der Waals surface area (Å²) < 4.78 is 0. The summed E-state index contributed by atoms with van der Waals surface area (Å²) in [4.78, 5) is 24.3. The highest BCUT2D eigenvalue weighted by atomic mass is 32.1. The number of hydroxylamine groups is 1. The van der Waals surface area contributed by atoms with E-state index in [1.165, 1.54) is 11.3 Å². The minimum absolute atomic E-state index is 0.0449. The number of nitrogens with one attached hydrogen (secondary N) is 2. The first-order valence-electron chi connectivity index (χ1n) is 5.61. The lowest BCUT2D eigenvalue weighted by atomic mass is 9.95. The second-order valence-electron chi connectivity index (χ2n) is 5.09. The molecule has 0 spiro atoms. The van der Waals surface area contributed by atoms with Crippen LogP contribution in [-0.4, -0.2) is 17.0 Å². The Morgan fingerprint density at radius 3 is 2.44 bits per heavy atom. The predicted molar refractivity (Wildman–Crippen MR) is 69.6 cm³/mol. The Labute approximate surface area is 110 Å². The van der Waals surface area contributed by atoms with Crippen molar-refractivity contribution in [2.24, 2.45) is 5.41 Å². The van der Waals surface area contributed by atoms with Crippen molar-refractivity contribution in [1.29, 1.82) is 0 Å². The van der Waals surface area contributed by atoms with Gasteiger partial charge in [0.15, 0.2) is 0 Å². The van der Waals surface area contributed by atoms with E-state index in [2.05, 4.69) is 5.32 Å². The fraction of sp³-hybridized carbons (Fsp3) is 0.500. The summed E-state index contributed by atoms with van der Waals surface area (Å²) in [6, 6.07) is 3.22. The Kier molecular flexibility index (Phi) is 4.48. The van der Waals surface area contributed by atoms with Gasteiger partial charge in [0.2, 0.25) is 5.91 Å². The Bertz CT molecular complexity index is 448. The fourth-order valence-corrected chi connectivity index (χ4v) is 2.15. The maximum absolute atomic E-state index is 11.8. The summed E-state index contributed by atoms with van der Waals surface area (Å²) in [7, 11) is 0. The van der Waals surface area contributed by atoms with E-state index in [0.29, 0.717) is 4.88 Å². The van der Waals surface area contributed by atoms with E-state index in [-0.39, 0.29) is 11.9 Å². The molecule has 0 saturated carbocycles. The Morgan fingerprint density at radius 1 is 1.33 bits per heavy atom. The second-order valence-corrected chi connectivity index (χ2v) is 6.20. The molecule has 2 amide bonds. The third-order valence-electron chi connectivity index (χ3n) is 2.41. The van der Waals surface area contributed by atoms with Crippen molar-refractivity contribution in [3.63, 3.8) is 0 Å². The lowest BCUT2D eigenvalue weighted by Gasteiger charge is -2.21. The van der Waals surface area contributed by atoms with Crippen LogP contribution < -0.4 is 10.8 Å². The molecule has 0 bridgehead atoms. The normalized spacial score (nSPS) is 12.9. The first-order chi connectivity index (χ1) is 8.25. The molecular formula is C12H18N2O3S. The SMILES string of the molecule is C[C@@H](NC(=O)C(C)(C)C)c1ccc(C(=O)NO)s1. The zero-order valence-corrected chi connectivity index (χ0v) is 11.7. The predicted octanol–water partition coefficient (Wildman–Crippen LogP) is 2.09. The van der Waals surface area contributed by atoms with Crippen molar-refractivity contribution in [1.82, 2.24) is 10.8 Å². The molecule has 0 aromatic carbocycles. The molecule has 1 aromatic rings. The van der Waals surface area contributed by atoms with E-state index < -0.39 is 11.3 Å². The van der Waals surface area contributed by atoms with Crippen LogP contribution in [-0.2, 0) is 4.79 Å². The van der Waals surface area contributed by atoms with Gasteiger partial charge >= 0.3 is 0 Å². The van der Waals surface area contributed by atoms with Gasteiger partial charge in [0.25, 0.3) is 5.91 Å². The van der Waals surface area contributed by atoms with Crippen LogP contribution in [0.2, 0.25) is 0 Å². The lowest BCUT2D eigenvalue weighted by Crippen LogP contribution is -2.36. The van der Waals surface area contributed by atoms with Crippen molar-refractivity contribution in [2.75, 3.05) is 0 Å². The standard InChI is InChI=1S/C12H18N2O3S/c1-7(13-11(16)12(2,3)4)8-5-6-9(18-8)10(15)14-17/h5-7,17H,1-4H3,(H,13,16)(H,14,15)/t7-/m1/s1. The van der Waals surface area contributed by atoms with Gasteiger partial charge in [0.05, 0.1) is 10.9 Å². The molecule has 6 heteroatoms. The van der Waals surface area contributed by atoms with Gasteiger partial charge in [-0.05, 0) is 19.1 Å². The summed E-state index contributed by atoms with van der Waals surface area (Å²) in [6.07, 6.45) is 0. The molecule has 0 unspecified atom stereocenters. The van der Waals surface area contributed by atoms with Gasteiger partial charge in [-0.25, -0.2) is 5.48 Å². The smallest absolute Gasteiger partial charge is 0.284 e. The zero-order valence-electron chi connectivity index (χ0n) is 10.9. The van der Waals surface area contributed by atoms with Crippen LogP contribution in [0.3, 0.4) is 0 Å². The molecule has 0 radical (unpaired) electrons. The van der Waals surface area contributed by atoms with Crippen LogP contribution in [0.1, 0.15) is 48.3 Å². The van der Waals surface area contributed by atoms with E-state index >= 15 is 0 Å². The first-order valence-corrected chi connectivity index (χ1v) is 6.42. The van der Waals surface area contributed by atoms with Crippen molar-refractivity contribution in [2.45, 2.75) is 33.7 Å². The summed E-state index contributed by atoms with van der Waals surface area (Å²) >= 11 is 1.24. The van der Waals surface area contributed by atoms with Crippen LogP contribution in [0.15, 0.2) is 12.1 Å². The topological polar surface area (TPSA) is 78.4 Å². The monoisotopic (exact) mass is 270 g/mol. The molecule has 1 aromatic heterocycles. The van der Waals surface area contributed by atoms with Gasteiger partial charge in [-0.2, -0.15) is 0 Å². The summed E-state index contributed by atoms with van der Waals surface area (Å²) in [5, 5.41) is 11.4. The van der Waals surface area contributed by atoms with E-state index in [0.717, 1.165) is 4.88 Å². The average molecular weight is 270 g/mol. The van der Waals surface area contributed by atoms with Crippen LogP contribution in [0.25, 0.3) is 0 Å². The molecule has 0 aliphatic heterocycles. The highest BCUT2D eigenvalue weighted by Crippen LogP contribution is 2.24. The maximum Gasteiger partial charge on any atom is 0.284 e. The lowest BCUT2D eigenvalue weighted by molar-refractivity contribution is -0.129. The molecule has 1 atom stereocenters. The van der Waals surface area contributed by atoms with Crippen LogP contribution in [0.5, 0.6) is 0 Å². The Balaban J connectivity index is 2.73. The quantitative estimate of drug-likeness (QED) is 0.581. The van der Waals surface area contributed by atoms with Gasteiger partial charge in [0.1, 0.15) is 0 Å². The van der Waals surface area contributed by atoms with Gasteiger partial charge in [-0.15, -0.1) is 11.3 Å². The van der Waals surface area contributed by atoms with Crippen molar-refractivity contribution < 1.29 is 14.8 Å². The minimum atomic E-state index is -0.541. The van der Waals surface area contributed by atoms with E-state index in [1.807, 2.05) is 27.7 Å². The van der Waals surface area contributed by atoms with Crippen LogP contribution >= 0.6 is 11.3 Å². The van der Waals surface area contributed by atoms with Crippen molar-refractivity contribution in [3.8, 4) is 0 Å². The summed E-state index contributed by atoms with van der Waals surface area (Å²) in [6.45, 7) is 7.38. The molecule has 100 valence electrons. The highest BCUT2D eigenvalue weighted by molar-refractivity contribution is 7.14. The maximum atomic E-state index is 11.8. The molecule has 3 N–H and O–H groups in total. The largest absolute Gasteiger partial charge is 0.348 e. The average Bonchev–Trinajstić information content (AvgIpc) is 2.75. The van der Waals surface area contributed by atoms with Crippen molar-refractivity contribution >= 4 is 23.2 Å². The molecule has 0 aliphatic rings. The zero-order chi connectivity index (χ0) is 13.9.